The zero-order valence-corrected chi connectivity index (χ0v) is 16.9. The van der Waals surface area contributed by atoms with Crippen molar-refractivity contribution in [3.63, 3.8) is 0 Å². The molecule has 1 aliphatic heterocycles. The first kappa shape index (κ1) is 22.8. The van der Waals surface area contributed by atoms with Crippen LogP contribution in [0.2, 0.25) is 0 Å². The Balaban J connectivity index is 1.75. The van der Waals surface area contributed by atoms with Crippen LogP contribution in [-0.2, 0) is 25.5 Å². The molecule has 1 saturated heterocycles. The maximum absolute atomic E-state index is 12.4. The van der Waals surface area contributed by atoms with Crippen LogP contribution in [0.4, 0.5) is 0 Å². The monoisotopic (exact) mass is 443 g/mol. The zero-order valence-electron chi connectivity index (χ0n) is 16.9. The molecule has 1 aromatic heterocycles. The summed E-state index contributed by atoms with van der Waals surface area (Å²) in [5.41, 5.74) is 8.88. The number of aliphatic carboxylic acids is 1. The molecule has 1 fully saturated rings. The maximum atomic E-state index is 12.4. The summed E-state index contributed by atoms with van der Waals surface area (Å²) in [7, 11) is 0. The summed E-state index contributed by atoms with van der Waals surface area (Å²) >= 11 is 0. The average Bonchev–Trinajstić information content (AvgIpc) is 3.16. The minimum absolute atomic E-state index is 0.123. The van der Waals surface area contributed by atoms with E-state index in [1.807, 2.05) is 30.3 Å². The van der Waals surface area contributed by atoms with Crippen molar-refractivity contribution < 1.29 is 24.2 Å². The number of rotatable bonds is 9. The first-order valence-electron chi connectivity index (χ1n) is 9.82. The standard InChI is InChI=1S/C20H21N5O7/c21-24-23-14-9-16(32-15(14)11-31-18(28)7-6-17(26)27)25-10-13(19(29)22-20(25)30)8-12-4-2-1-3-5-12/h1-5,10,14-16H,6-9,11H2,(H,26,27)(H,22,29,30). The fourth-order valence-electron chi connectivity index (χ4n) is 3.36. The lowest BCUT2D eigenvalue weighted by Crippen LogP contribution is -2.34. The van der Waals surface area contributed by atoms with Crippen LogP contribution < -0.4 is 11.2 Å². The minimum Gasteiger partial charge on any atom is -0.481 e. The summed E-state index contributed by atoms with van der Waals surface area (Å²) in [6.45, 7) is -0.270. The van der Waals surface area contributed by atoms with Crippen LogP contribution in [0.25, 0.3) is 10.4 Å². The summed E-state index contributed by atoms with van der Waals surface area (Å²) in [6.07, 6.45) is -0.532. The number of carbonyl (C=O) groups excluding carboxylic acids is 1. The second-order valence-corrected chi connectivity index (χ2v) is 7.20. The molecule has 1 aliphatic rings. The minimum atomic E-state index is -1.13. The molecule has 3 atom stereocenters. The van der Waals surface area contributed by atoms with Crippen LogP contribution in [0.15, 0.2) is 51.2 Å². The number of esters is 1. The number of aromatic amines is 1. The Bertz CT molecular complexity index is 1140. The smallest absolute Gasteiger partial charge is 0.330 e. The Labute approximate surface area is 181 Å². The van der Waals surface area contributed by atoms with E-state index in [9.17, 15) is 19.2 Å². The van der Waals surface area contributed by atoms with Crippen molar-refractivity contribution in [1.82, 2.24) is 9.55 Å². The lowest BCUT2D eigenvalue weighted by molar-refractivity contribution is -0.151. The molecule has 2 N–H and O–H groups in total. The van der Waals surface area contributed by atoms with Gasteiger partial charge < -0.3 is 14.6 Å². The van der Waals surface area contributed by atoms with Crippen LogP contribution in [0.5, 0.6) is 0 Å². The highest BCUT2D eigenvalue weighted by Gasteiger charge is 2.37. The van der Waals surface area contributed by atoms with Gasteiger partial charge in [-0.1, -0.05) is 35.4 Å². The van der Waals surface area contributed by atoms with Crippen molar-refractivity contribution in [3.8, 4) is 0 Å². The largest absolute Gasteiger partial charge is 0.481 e. The van der Waals surface area contributed by atoms with Gasteiger partial charge in [0.05, 0.1) is 18.9 Å². The zero-order chi connectivity index (χ0) is 23.1. The van der Waals surface area contributed by atoms with Gasteiger partial charge in [-0.05, 0) is 11.1 Å². The van der Waals surface area contributed by atoms with Crippen molar-refractivity contribution >= 4 is 11.9 Å². The Morgan fingerprint density at radius 1 is 1.28 bits per heavy atom. The molecule has 2 heterocycles. The van der Waals surface area contributed by atoms with Gasteiger partial charge in [0.1, 0.15) is 18.9 Å². The average molecular weight is 443 g/mol. The van der Waals surface area contributed by atoms with Crippen LogP contribution in [0, 0.1) is 0 Å². The van der Waals surface area contributed by atoms with E-state index in [1.165, 1.54) is 10.8 Å². The highest BCUT2D eigenvalue weighted by Crippen LogP contribution is 2.30. The molecular weight excluding hydrogens is 422 g/mol. The number of carboxylic acids is 1. The molecule has 2 aromatic rings. The number of azide groups is 1. The fraction of sp³-hybridized carbons (Fsp3) is 0.400. The van der Waals surface area contributed by atoms with Crippen LogP contribution in [-0.4, -0.2) is 45.3 Å². The van der Waals surface area contributed by atoms with Gasteiger partial charge in [-0.15, -0.1) is 0 Å². The van der Waals surface area contributed by atoms with Crippen LogP contribution >= 0.6 is 0 Å². The molecule has 12 heteroatoms. The van der Waals surface area contributed by atoms with E-state index >= 15 is 0 Å². The van der Waals surface area contributed by atoms with E-state index in [-0.39, 0.29) is 25.9 Å². The van der Waals surface area contributed by atoms with E-state index < -0.39 is 41.6 Å². The van der Waals surface area contributed by atoms with Gasteiger partial charge in [-0.3, -0.25) is 23.9 Å². The van der Waals surface area contributed by atoms with Gasteiger partial charge in [0.2, 0.25) is 0 Å². The van der Waals surface area contributed by atoms with E-state index in [4.69, 9.17) is 20.1 Å². The number of nitrogens with zero attached hydrogens (tertiary/aromatic N) is 4. The molecule has 1 aromatic carbocycles. The first-order valence-corrected chi connectivity index (χ1v) is 9.82. The van der Waals surface area contributed by atoms with Crippen molar-refractivity contribution in [2.75, 3.05) is 6.61 Å². The molecular formula is C20H21N5O7. The summed E-state index contributed by atoms with van der Waals surface area (Å²) in [4.78, 5) is 51.9. The fourth-order valence-corrected chi connectivity index (χ4v) is 3.36. The number of aromatic nitrogens is 2. The van der Waals surface area contributed by atoms with Gasteiger partial charge in [0, 0.05) is 29.5 Å². The molecule has 0 aliphatic carbocycles. The molecule has 0 radical (unpaired) electrons. The highest BCUT2D eigenvalue weighted by molar-refractivity contribution is 5.76. The predicted octanol–water partition coefficient (Wildman–Crippen LogP) is 1.50. The first-order chi connectivity index (χ1) is 15.4. The number of ether oxygens (including phenoxy) is 2. The number of hydrogen-bond acceptors (Lipinski definition) is 7. The molecule has 3 unspecified atom stereocenters. The third-order valence-corrected chi connectivity index (χ3v) is 4.94. The number of carbonyl (C=O) groups is 2. The number of H-pyrrole nitrogens is 1. The van der Waals surface area contributed by atoms with Crippen molar-refractivity contribution in [2.45, 2.75) is 44.1 Å². The van der Waals surface area contributed by atoms with E-state index in [0.29, 0.717) is 12.0 Å². The Hall–Kier alpha value is -3.89. The van der Waals surface area contributed by atoms with Gasteiger partial charge in [-0.2, -0.15) is 0 Å². The van der Waals surface area contributed by atoms with Gasteiger partial charge in [0.15, 0.2) is 0 Å². The maximum Gasteiger partial charge on any atom is 0.330 e. The quantitative estimate of drug-likeness (QED) is 0.255. The Morgan fingerprint density at radius 2 is 2.03 bits per heavy atom. The molecule has 0 amide bonds. The van der Waals surface area contributed by atoms with E-state index in [1.54, 1.807) is 0 Å². The summed E-state index contributed by atoms with van der Waals surface area (Å²) in [5, 5.41) is 12.3. The predicted molar refractivity (Wildman–Crippen MR) is 110 cm³/mol. The highest BCUT2D eigenvalue weighted by atomic mass is 16.6. The van der Waals surface area contributed by atoms with E-state index in [0.717, 1.165) is 5.56 Å². The lowest BCUT2D eigenvalue weighted by atomic mass is 10.1. The SMILES string of the molecule is [N-]=[N+]=NC1CC(n2cc(Cc3ccccc3)c(=O)[nH]c2=O)OC1COC(=O)CCC(=O)O. The summed E-state index contributed by atoms with van der Waals surface area (Å²) in [5.74, 6) is -1.86. The molecule has 0 spiro atoms. The number of benzene rings is 1. The molecule has 168 valence electrons. The van der Waals surface area contributed by atoms with Crippen molar-refractivity contribution in [3.05, 3.63) is 78.9 Å². The summed E-state index contributed by atoms with van der Waals surface area (Å²) in [6, 6.07) is 8.51. The number of hydrogen-bond donors (Lipinski definition) is 2. The normalized spacial score (nSPS) is 19.8. The third-order valence-electron chi connectivity index (χ3n) is 4.94. The third kappa shape index (κ3) is 5.84. The second-order valence-electron chi connectivity index (χ2n) is 7.20. The number of nitrogens with one attached hydrogen (secondary N) is 1. The van der Waals surface area contributed by atoms with E-state index in [2.05, 4.69) is 15.0 Å². The Kier molecular flexibility index (Phi) is 7.42. The molecule has 3 rings (SSSR count). The van der Waals surface area contributed by atoms with Gasteiger partial charge in [0.25, 0.3) is 5.56 Å². The summed E-state index contributed by atoms with van der Waals surface area (Å²) < 4.78 is 12.0. The van der Waals surface area contributed by atoms with Crippen LogP contribution in [0.3, 0.4) is 0 Å². The second kappa shape index (κ2) is 10.4. The molecule has 0 bridgehead atoms. The van der Waals surface area contributed by atoms with Crippen molar-refractivity contribution in [1.29, 1.82) is 0 Å². The molecule has 32 heavy (non-hydrogen) atoms. The number of carboxylic acid groups (broad SMARTS) is 1. The molecule has 12 nitrogen and oxygen atoms in total. The lowest BCUT2D eigenvalue weighted by Gasteiger charge is -2.17. The van der Waals surface area contributed by atoms with Gasteiger partial charge in [-0.25, -0.2) is 4.79 Å². The van der Waals surface area contributed by atoms with Gasteiger partial charge >= 0.3 is 17.6 Å². The van der Waals surface area contributed by atoms with Crippen molar-refractivity contribution in [2.24, 2.45) is 5.11 Å². The Morgan fingerprint density at radius 3 is 2.72 bits per heavy atom. The molecule has 0 saturated carbocycles. The van der Waals surface area contributed by atoms with Crippen LogP contribution in [0.1, 0.15) is 36.6 Å². The topological polar surface area (TPSA) is 176 Å².